The van der Waals surface area contributed by atoms with Gasteiger partial charge in [-0.15, -0.1) is 0 Å². The number of hydrogen-bond donors (Lipinski definition) is 2. The summed E-state index contributed by atoms with van der Waals surface area (Å²) in [5.74, 6) is 1.16. The maximum Gasteiger partial charge on any atom is 0.272 e. The molecule has 11 heteroatoms. The maximum absolute atomic E-state index is 14.0. The summed E-state index contributed by atoms with van der Waals surface area (Å²) in [4.78, 5) is 51.9. The molecule has 0 saturated carbocycles. The van der Waals surface area contributed by atoms with E-state index in [2.05, 4.69) is 20.7 Å². The molecular formula is C34H42N8O3. The van der Waals surface area contributed by atoms with Gasteiger partial charge in [0, 0.05) is 32.1 Å². The van der Waals surface area contributed by atoms with Gasteiger partial charge in [0.2, 0.25) is 11.8 Å². The fourth-order valence-corrected chi connectivity index (χ4v) is 5.75. The van der Waals surface area contributed by atoms with Gasteiger partial charge in [-0.25, -0.2) is 14.6 Å². The number of benzene rings is 2. The smallest absolute Gasteiger partial charge is 0.272 e. The first kappa shape index (κ1) is 31.6. The fraction of sp³-hybridized carbons (Fsp3) is 0.412. The van der Waals surface area contributed by atoms with Gasteiger partial charge < -0.3 is 20.1 Å². The third-order valence-electron chi connectivity index (χ3n) is 8.47. The molecule has 1 aliphatic heterocycles. The van der Waals surface area contributed by atoms with Gasteiger partial charge in [0.1, 0.15) is 29.2 Å². The lowest BCUT2D eigenvalue weighted by Gasteiger charge is -2.28. The van der Waals surface area contributed by atoms with Crippen LogP contribution in [0.5, 0.6) is 0 Å². The number of imidazole rings is 1. The molecule has 0 unspecified atom stereocenters. The second-order valence-electron chi connectivity index (χ2n) is 11.7. The molecule has 0 radical (unpaired) electrons. The summed E-state index contributed by atoms with van der Waals surface area (Å²) < 4.78 is 3.60. The van der Waals surface area contributed by atoms with E-state index in [1.807, 2.05) is 93.0 Å². The maximum atomic E-state index is 14.0. The number of nitrogens with zero attached hydrogens (tertiary/aromatic N) is 6. The van der Waals surface area contributed by atoms with E-state index in [4.69, 9.17) is 4.98 Å². The molecule has 11 nitrogen and oxygen atoms in total. The summed E-state index contributed by atoms with van der Waals surface area (Å²) >= 11 is 0. The van der Waals surface area contributed by atoms with Crippen molar-refractivity contribution in [1.82, 2.24) is 39.8 Å². The Morgan fingerprint density at radius 1 is 1.00 bits per heavy atom. The number of aryl methyl sites for hydroxylation is 1. The average molecular weight is 611 g/mol. The minimum Gasteiger partial charge on any atom is -0.344 e. The van der Waals surface area contributed by atoms with Crippen LogP contribution in [0.4, 0.5) is 0 Å². The van der Waals surface area contributed by atoms with Crippen LogP contribution in [0.1, 0.15) is 66.9 Å². The van der Waals surface area contributed by atoms with Gasteiger partial charge in [0.05, 0.1) is 18.8 Å². The molecule has 236 valence electrons. The molecule has 1 aliphatic rings. The Kier molecular flexibility index (Phi) is 10.1. The minimum atomic E-state index is -0.704. The summed E-state index contributed by atoms with van der Waals surface area (Å²) in [6.07, 6.45) is 3.44. The molecule has 0 fully saturated rings. The SMILES string of the molecule is CC[C@H](C)[C@@H]1NC(=O)CCCN(C(=O)c2cnc(-c3ccccc3)n2C)CCn2nc(C)nc2[C@H](Cc2ccccc2)NC1=O. The van der Waals surface area contributed by atoms with Gasteiger partial charge in [-0.3, -0.25) is 14.4 Å². The van der Waals surface area contributed by atoms with Crippen LogP contribution in [0.25, 0.3) is 11.4 Å². The topological polar surface area (TPSA) is 127 Å². The number of hydrogen-bond acceptors (Lipinski definition) is 6. The third-order valence-corrected chi connectivity index (χ3v) is 8.47. The number of rotatable bonds is 6. The summed E-state index contributed by atoms with van der Waals surface area (Å²) in [5, 5.41) is 10.8. The molecule has 3 atom stereocenters. The molecule has 45 heavy (non-hydrogen) atoms. The highest BCUT2D eigenvalue weighted by Crippen LogP contribution is 2.22. The standard InChI is InChI=1S/C34H42N8O3/c1-5-23(2)30-33(44)37-27(21-25-13-8-6-9-14-25)32-36-24(3)39-42(32)20-19-41(18-12-17-29(43)38-30)34(45)28-22-35-31(40(28)4)26-15-10-7-11-16-26/h6-11,13-16,22-23,27,30H,5,12,17-21H2,1-4H3,(H,37,44)(H,38,43)/t23-,27-,30-/m0/s1. The van der Waals surface area contributed by atoms with Crippen molar-refractivity contribution >= 4 is 17.7 Å². The predicted octanol–water partition coefficient (Wildman–Crippen LogP) is 3.85. The number of nitrogens with one attached hydrogen (secondary N) is 2. The molecule has 2 N–H and O–H groups in total. The van der Waals surface area contributed by atoms with Crippen LogP contribution in [-0.4, -0.2) is 66.1 Å². The van der Waals surface area contributed by atoms with Gasteiger partial charge in [0.25, 0.3) is 5.91 Å². The molecule has 0 aliphatic carbocycles. The normalized spacial score (nSPS) is 18.8. The van der Waals surface area contributed by atoms with Crippen molar-refractivity contribution < 1.29 is 14.4 Å². The predicted molar refractivity (Wildman–Crippen MR) is 171 cm³/mol. The van der Waals surface area contributed by atoms with E-state index in [9.17, 15) is 14.4 Å². The van der Waals surface area contributed by atoms with E-state index in [-0.39, 0.29) is 30.1 Å². The average Bonchev–Trinajstić information content (AvgIpc) is 3.62. The van der Waals surface area contributed by atoms with Crippen molar-refractivity contribution in [3.63, 3.8) is 0 Å². The second kappa shape index (κ2) is 14.3. The van der Waals surface area contributed by atoms with Crippen LogP contribution in [0.15, 0.2) is 66.9 Å². The van der Waals surface area contributed by atoms with Gasteiger partial charge >= 0.3 is 0 Å². The van der Waals surface area contributed by atoms with Gasteiger partial charge in [-0.2, -0.15) is 5.10 Å². The third kappa shape index (κ3) is 7.47. The molecule has 2 aromatic carbocycles. The number of aromatic nitrogens is 5. The van der Waals surface area contributed by atoms with Crippen LogP contribution in [0.2, 0.25) is 0 Å². The van der Waals surface area contributed by atoms with E-state index < -0.39 is 12.1 Å². The largest absolute Gasteiger partial charge is 0.344 e. The quantitative estimate of drug-likeness (QED) is 0.342. The van der Waals surface area contributed by atoms with Crippen molar-refractivity contribution in [1.29, 1.82) is 0 Å². The highest BCUT2D eigenvalue weighted by atomic mass is 16.2. The van der Waals surface area contributed by atoms with Crippen molar-refractivity contribution in [2.75, 3.05) is 13.1 Å². The number of amides is 3. The van der Waals surface area contributed by atoms with E-state index >= 15 is 0 Å². The monoisotopic (exact) mass is 610 g/mol. The lowest BCUT2D eigenvalue weighted by molar-refractivity contribution is -0.130. The summed E-state index contributed by atoms with van der Waals surface area (Å²) in [6.45, 7) is 6.85. The second-order valence-corrected chi connectivity index (χ2v) is 11.7. The molecule has 4 aromatic rings. The Morgan fingerprint density at radius 2 is 1.71 bits per heavy atom. The lowest BCUT2D eigenvalue weighted by atomic mass is 9.97. The zero-order valence-electron chi connectivity index (χ0n) is 26.4. The van der Waals surface area contributed by atoms with Crippen molar-refractivity contribution in [3.8, 4) is 11.4 Å². The molecular weight excluding hydrogens is 568 g/mol. The first-order chi connectivity index (χ1) is 21.7. The van der Waals surface area contributed by atoms with E-state index in [1.54, 1.807) is 15.8 Å². The highest BCUT2D eigenvalue weighted by Gasteiger charge is 2.31. The van der Waals surface area contributed by atoms with Crippen LogP contribution in [0, 0.1) is 12.8 Å². The molecule has 3 heterocycles. The Morgan fingerprint density at radius 3 is 2.42 bits per heavy atom. The summed E-state index contributed by atoms with van der Waals surface area (Å²) in [6, 6.07) is 18.4. The number of carbonyl (C=O) groups is 3. The zero-order chi connectivity index (χ0) is 31.9. The Hall–Kier alpha value is -4.80. The van der Waals surface area contributed by atoms with E-state index in [0.29, 0.717) is 55.6 Å². The molecule has 3 amide bonds. The van der Waals surface area contributed by atoms with Crippen molar-refractivity contribution in [2.45, 2.75) is 65.1 Å². The van der Waals surface area contributed by atoms with Crippen LogP contribution in [0.3, 0.4) is 0 Å². The van der Waals surface area contributed by atoms with E-state index in [1.165, 1.54) is 0 Å². The van der Waals surface area contributed by atoms with Gasteiger partial charge in [-0.1, -0.05) is 80.9 Å². The van der Waals surface area contributed by atoms with Crippen molar-refractivity contribution in [2.24, 2.45) is 13.0 Å². The Balaban J connectivity index is 1.48. The van der Waals surface area contributed by atoms with Crippen LogP contribution in [-0.2, 0) is 29.6 Å². The zero-order valence-corrected chi connectivity index (χ0v) is 26.4. The molecule has 5 rings (SSSR count). The first-order valence-electron chi connectivity index (χ1n) is 15.7. The van der Waals surface area contributed by atoms with E-state index in [0.717, 1.165) is 17.5 Å². The molecule has 0 spiro atoms. The molecule has 0 saturated heterocycles. The first-order valence-corrected chi connectivity index (χ1v) is 15.7. The van der Waals surface area contributed by atoms with Gasteiger partial charge in [-0.05, 0) is 31.2 Å². The molecule has 0 bridgehead atoms. The number of fused-ring (bicyclic) bond motifs is 1. The lowest BCUT2D eigenvalue weighted by Crippen LogP contribution is -2.51. The van der Waals surface area contributed by atoms with Crippen molar-refractivity contribution in [3.05, 3.63) is 89.8 Å². The Bertz CT molecular complexity index is 1610. The minimum absolute atomic E-state index is 0.0828. The fourth-order valence-electron chi connectivity index (χ4n) is 5.75. The van der Waals surface area contributed by atoms with Gasteiger partial charge in [0.15, 0.2) is 0 Å². The Labute approximate surface area is 264 Å². The number of carbonyl (C=O) groups excluding carboxylic acids is 3. The van der Waals surface area contributed by atoms with Crippen LogP contribution >= 0.6 is 0 Å². The van der Waals surface area contributed by atoms with Crippen LogP contribution < -0.4 is 10.6 Å². The molecule has 2 aromatic heterocycles. The highest BCUT2D eigenvalue weighted by molar-refractivity contribution is 5.93. The summed E-state index contributed by atoms with van der Waals surface area (Å²) in [7, 11) is 1.84. The summed E-state index contributed by atoms with van der Waals surface area (Å²) in [5.41, 5.74) is 2.41.